The van der Waals surface area contributed by atoms with Crippen LogP contribution in [0.2, 0.25) is 0 Å². The molecule has 0 fully saturated rings. The number of aryl methyl sites for hydroxylation is 1. The fourth-order valence-electron chi connectivity index (χ4n) is 3.11. The van der Waals surface area contributed by atoms with Crippen LogP contribution in [0.25, 0.3) is 0 Å². The second kappa shape index (κ2) is 9.65. The van der Waals surface area contributed by atoms with Gasteiger partial charge in [0.05, 0.1) is 7.11 Å². The highest BCUT2D eigenvalue weighted by molar-refractivity contribution is 6.10. The molecule has 1 aromatic carbocycles. The maximum Gasteiger partial charge on any atom is 0.280 e. The van der Waals surface area contributed by atoms with Gasteiger partial charge in [0, 0.05) is 17.8 Å². The summed E-state index contributed by atoms with van der Waals surface area (Å²) in [7, 11) is 1.45. The van der Waals surface area contributed by atoms with Crippen molar-refractivity contribution in [2.24, 2.45) is 5.41 Å². The number of rotatable bonds is 7. The molecule has 0 aliphatic rings. The van der Waals surface area contributed by atoms with Gasteiger partial charge in [-0.25, -0.2) is 15.4 Å². The number of carbonyl (C=O) groups excluding carboxylic acids is 2. The van der Waals surface area contributed by atoms with Crippen molar-refractivity contribution in [3.8, 4) is 5.88 Å². The van der Waals surface area contributed by atoms with Crippen molar-refractivity contribution >= 4 is 11.8 Å². The molecule has 2 aromatic rings. The van der Waals surface area contributed by atoms with Gasteiger partial charge in [-0.3, -0.25) is 9.59 Å². The molecule has 1 atom stereocenters. The molecule has 1 unspecified atom stereocenters. The van der Waals surface area contributed by atoms with Crippen LogP contribution in [0.15, 0.2) is 42.6 Å². The Kier molecular flexibility index (Phi) is 7.51. The van der Waals surface area contributed by atoms with Crippen molar-refractivity contribution in [2.75, 3.05) is 7.11 Å². The third kappa shape index (κ3) is 5.41. The number of hydrogen-bond donors (Lipinski definition) is 1. The fourth-order valence-corrected chi connectivity index (χ4v) is 3.11. The lowest BCUT2D eigenvalue weighted by Crippen LogP contribution is -2.55. The summed E-state index contributed by atoms with van der Waals surface area (Å²) in [4.78, 5) is 30.8. The summed E-state index contributed by atoms with van der Waals surface area (Å²) < 4.78 is 5.23. The lowest BCUT2D eigenvalue weighted by atomic mass is 9.85. The highest BCUT2D eigenvalue weighted by atomic mass is 16.5. The van der Waals surface area contributed by atoms with E-state index in [1.54, 1.807) is 30.5 Å². The van der Waals surface area contributed by atoms with Gasteiger partial charge in [-0.1, -0.05) is 46.8 Å². The van der Waals surface area contributed by atoms with E-state index < -0.39 is 11.8 Å². The number of nitrogens with zero attached hydrogens (tertiary/aromatic N) is 2. The number of aromatic nitrogens is 1. The number of hydrogen-bond acceptors (Lipinski definition) is 5. The van der Waals surface area contributed by atoms with E-state index in [9.17, 15) is 9.59 Å². The van der Waals surface area contributed by atoms with E-state index in [4.69, 9.17) is 4.74 Å². The molecule has 1 aromatic heterocycles. The monoisotopic (exact) mass is 397 g/mol. The summed E-state index contributed by atoms with van der Waals surface area (Å²) in [6, 6.07) is 10.5. The highest BCUT2D eigenvalue weighted by Crippen LogP contribution is 2.24. The quantitative estimate of drug-likeness (QED) is 0.558. The molecule has 0 saturated carbocycles. The molecule has 0 bridgehead atoms. The lowest BCUT2D eigenvalue weighted by Gasteiger charge is -2.35. The van der Waals surface area contributed by atoms with Crippen molar-refractivity contribution in [3.63, 3.8) is 0 Å². The van der Waals surface area contributed by atoms with Gasteiger partial charge in [-0.2, -0.15) is 0 Å². The van der Waals surface area contributed by atoms with Gasteiger partial charge < -0.3 is 4.74 Å². The third-order valence-corrected chi connectivity index (χ3v) is 4.95. The van der Waals surface area contributed by atoms with E-state index in [0.717, 1.165) is 23.4 Å². The molecule has 2 rings (SSSR count). The summed E-state index contributed by atoms with van der Waals surface area (Å²) in [6.45, 7) is 10.3. The predicted molar refractivity (Wildman–Crippen MR) is 114 cm³/mol. The van der Waals surface area contributed by atoms with Crippen molar-refractivity contribution in [2.45, 2.75) is 53.5 Å². The van der Waals surface area contributed by atoms with Gasteiger partial charge in [-0.05, 0) is 48.1 Å². The number of pyridine rings is 1. The largest absolute Gasteiger partial charge is 0.480 e. The summed E-state index contributed by atoms with van der Waals surface area (Å²) in [6.07, 6.45) is 3.17. The maximum absolute atomic E-state index is 13.4. The molecule has 0 saturated heterocycles. The smallest absolute Gasteiger partial charge is 0.280 e. The van der Waals surface area contributed by atoms with Crippen LogP contribution in [-0.2, 0) is 6.42 Å². The molecule has 6 heteroatoms. The standard InChI is InChI=1S/C23H31N3O3/c1-7-16-11-13-17(14-12-16)21(27)26(25-19(8-2)23(3,4)5)22(28)18-10-9-15-24-20(18)29-6/h9-15,19,25H,7-8H2,1-6H3. The van der Waals surface area contributed by atoms with Crippen LogP contribution in [-0.4, -0.2) is 35.0 Å². The molecule has 29 heavy (non-hydrogen) atoms. The van der Waals surface area contributed by atoms with Crippen LogP contribution in [0.4, 0.5) is 0 Å². The number of nitrogens with one attached hydrogen (secondary N) is 1. The minimum atomic E-state index is -0.498. The average molecular weight is 398 g/mol. The third-order valence-electron chi connectivity index (χ3n) is 4.95. The number of benzene rings is 1. The molecule has 0 spiro atoms. The molecule has 2 amide bonds. The minimum absolute atomic E-state index is 0.0898. The number of carbonyl (C=O) groups is 2. The Morgan fingerprint density at radius 3 is 2.28 bits per heavy atom. The first-order valence-corrected chi connectivity index (χ1v) is 9.95. The Bertz CT molecular complexity index is 841. The van der Waals surface area contributed by atoms with Gasteiger partial charge in [0.2, 0.25) is 5.88 Å². The van der Waals surface area contributed by atoms with E-state index in [1.165, 1.54) is 7.11 Å². The van der Waals surface area contributed by atoms with Gasteiger partial charge in [0.25, 0.3) is 11.8 Å². The Labute approximate surface area is 173 Å². The zero-order valence-corrected chi connectivity index (χ0v) is 18.2. The first kappa shape index (κ1) is 22.6. The van der Waals surface area contributed by atoms with Crippen molar-refractivity contribution in [1.29, 1.82) is 0 Å². The minimum Gasteiger partial charge on any atom is -0.480 e. The Balaban J connectivity index is 2.46. The van der Waals surface area contributed by atoms with Gasteiger partial charge in [0.15, 0.2) is 0 Å². The van der Waals surface area contributed by atoms with Crippen LogP contribution >= 0.6 is 0 Å². The number of ether oxygens (including phenoxy) is 1. The van der Waals surface area contributed by atoms with Crippen LogP contribution in [0.1, 0.15) is 67.3 Å². The van der Waals surface area contributed by atoms with E-state index in [2.05, 4.69) is 38.1 Å². The number of methoxy groups -OCH3 is 1. The summed E-state index contributed by atoms with van der Waals surface area (Å²) in [5.41, 5.74) is 4.81. The molecular formula is C23H31N3O3. The van der Waals surface area contributed by atoms with Crippen molar-refractivity contribution in [3.05, 3.63) is 59.3 Å². The first-order chi connectivity index (χ1) is 13.7. The molecule has 6 nitrogen and oxygen atoms in total. The van der Waals surface area contributed by atoms with Crippen LogP contribution < -0.4 is 10.2 Å². The Morgan fingerprint density at radius 1 is 1.10 bits per heavy atom. The number of amides is 2. The number of imide groups is 1. The summed E-state index contributed by atoms with van der Waals surface area (Å²) in [5, 5.41) is 1.10. The zero-order chi connectivity index (χ0) is 21.6. The summed E-state index contributed by atoms with van der Waals surface area (Å²) >= 11 is 0. The van der Waals surface area contributed by atoms with E-state index >= 15 is 0 Å². The molecule has 1 heterocycles. The van der Waals surface area contributed by atoms with Crippen LogP contribution in [0, 0.1) is 5.41 Å². The first-order valence-electron chi connectivity index (χ1n) is 9.95. The average Bonchev–Trinajstić information content (AvgIpc) is 2.72. The van der Waals surface area contributed by atoms with E-state index in [-0.39, 0.29) is 22.9 Å². The second-order valence-corrected chi connectivity index (χ2v) is 8.01. The normalized spacial score (nSPS) is 12.3. The highest BCUT2D eigenvalue weighted by Gasteiger charge is 2.32. The van der Waals surface area contributed by atoms with Gasteiger partial charge in [-0.15, -0.1) is 0 Å². The predicted octanol–water partition coefficient (Wildman–Crippen LogP) is 4.26. The molecule has 0 radical (unpaired) electrons. The summed E-state index contributed by atoms with van der Waals surface area (Å²) in [5.74, 6) is -0.726. The second-order valence-electron chi connectivity index (χ2n) is 8.01. The Hall–Kier alpha value is -2.73. The van der Waals surface area contributed by atoms with Crippen molar-refractivity contribution < 1.29 is 14.3 Å². The van der Waals surface area contributed by atoms with Gasteiger partial charge in [0.1, 0.15) is 5.56 Å². The SMILES string of the molecule is CCc1ccc(C(=O)N(NC(CC)C(C)(C)C)C(=O)c2cccnc2OC)cc1. The van der Waals surface area contributed by atoms with Gasteiger partial charge >= 0.3 is 0 Å². The zero-order valence-electron chi connectivity index (χ0n) is 18.2. The topological polar surface area (TPSA) is 71.5 Å². The van der Waals surface area contributed by atoms with Crippen LogP contribution in [0.5, 0.6) is 5.88 Å². The maximum atomic E-state index is 13.4. The molecule has 1 N–H and O–H groups in total. The number of hydrazine groups is 1. The molecular weight excluding hydrogens is 366 g/mol. The molecule has 0 aliphatic carbocycles. The molecule has 156 valence electrons. The van der Waals surface area contributed by atoms with E-state index in [1.807, 2.05) is 19.1 Å². The Morgan fingerprint density at radius 2 is 1.76 bits per heavy atom. The fraction of sp³-hybridized carbons (Fsp3) is 0.435. The van der Waals surface area contributed by atoms with E-state index in [0.29, 0.717) is 5.56 Å². The van der Waals surface area contributed by atoms with Crippen molar-refractivity contribution in [1.82, 2.24) is 15.4 Å². The van der Waals surface area contributed by atoms with Crippen LogP contribution in [0.3, 0.4) is 0 Å². The lowest BCUT2D eigenvalue weighted by molar-refractivity contribution is 0.0428. The molecule has 0 aliphatic heterocycles.